The smallest absolute Gasteiger partial charge is 0.0342 e. The third kappa shape index (κ3) is 6.82. The number of hydrogen-bond donors (Lipinski definition) is 0. The van der Waals surface area contributed by atoms with Gasteiger partial charge in [-0.1, -0.05) is 18.2 Å². The first-order valence-electron chi connectivity index (χ1n) is 12.1. The third-order valence-electron chi connectivity index (χ3n) is 6.34. The summed E-state index contributed by atoms with van der Waals surface area (Å²) in [6, 6.07) is 22.2. The monoisotopic (exact) mass is 558 g/mol. The molecule has 166 valence electrons. The molecule has 0 atom stereocenters. The minimum absolute atomic E-state index is 1.35. The van der Waals surface area contributed by atoms with Gasteiger partial charge in [-0.25, -0.2) is 0 Å². The molecule has 4 aromatic rings. The first-order valence-corrected chi connectivity index (χ1v) is 21.3. The number of benzene rings is 2. The molecule has 0 bridgehead atoms. The van der Waals surface area contributed by atoms with Gasteiger partial charge < -0.3 is 0 Å². The van der Waals surface area contributed by atoms with E-state index in [1.54, 1.807) is 24.6 Å². The molecule has 3 heteroatoms. The summed E-state index contributed by atoms with van der Waals surface area (Å²) >= 11 is 1.75. The van der Waals surface area contributed by atoms with Gasteiger partial charge in [-0.15, -0.1) is 11.3 Å². The van der Waals surface area contributed by atoms with E-state index in [0.717, 1.165) is 0 Å². The Kier molecular flexibility index (Phi) is 10.4. The zero-order chi connectivity index (χ0) is 21.9. The second-order valence-corrected chi connectivity index (χ2v) is 24.9. The van der Waals surface area contributed by atoms with Crippen LogP contribution >= 0.6 is 22.7 Å². The maximum Gasteiger partial charge on any atom is 0.0342 e. The first kappa shape index (κ1) is 24.8. The van der Waals surface area contributed by atoms with Crippen LogP contribution in [0.5, 0.6) is 0 Å². The second-order valence-electron chi connectivity index (χ2n) is 8.70. The Balaban J connectivity index is 0.000000248. The van der Waals surface area contributed by atoms with Crippen molar-refractivity contribution in [2.75, 3.05) is 0 Å². The molecule has 0 aliphatic carbocycles. The van der Waals surface area contributed by atoms with Gasteiger partial charge in [0.2, 0.25) is 0 Å². The van der Waals surface area contributed by atoms with Gasteiger partial charge in [0.05, 0.1) is 0 Å². The van der Waals surface area contributed by atoms with Crippen LogP contribution in [0.1, 0.15) is 59.3 Å². The van der Waals surface area contributed by atoms with E-state index in [0.29, 0.717) is 0 Å². The van der Waals surface area contributed by atoms with Crippen molar-refractivity contribution in [2.24, 2.45) is 0 Å². The van der Waals surface area contributed by atoms with Gasteiger partial charge in [-0.3, -0.25) is 0 Å². The number of fused-ring (bicyclic) bond motifs is 2. The summed E-state index contributed by atoms with van der Waals surface area (Å²) in [6.07, 6.45) is 8.46. The zero-order valence-corrected chi connectivity index (χ0v) is 24.0. The van der Waals surface area contributed by atoms with Crippen molar-refractivity contribution in [3.8, 4) is 0 Å². The predicted octanol–water partition coefficient (Wildman–Crippen LogP) is 9.86. The van der Waals surface area contributed by atoms with Crippen molar-refractivity contribution in [2.45, 2.75) is 72.6 Å². The number of thiophene rings is 2. The van der Waals surface area contributed by atoms with Gasteiger partial charge in [-0.05, 0) is 22.9 Å². The van der Waals surface area contributed by atoms with Crippen LogP contribution in [0.2, 0.25) is 13.3 Å². The van der Waals surface area contributed by atoms with E-state index >= 15 is 0 Å². The zero-order valence-electron chi connectivity index (χ0n) is 19.5. The van der Waals surface area contributed by atoms with E-state index in [1.165, 1.54) is 58.7 Å². The molecule has 2 aromatic heterocycles. The van der Waals surface area contributed by atoms with Crippen LogP contribution in [0.15, 0.2) is 66.0 Å². The summed E-state index contributed by atoms with van der Waals surface area (Å²) in [6.45, 7) is 7.09. The van der Waals surface area contributed by atoms with Crippen LogP contribution in [-0.4, -0.2) is 18.4 Å². The first-order chi connectivity index (χ1) is 15.2. The Labute approximate surface area is 201 Å². The van der Waals surface area contributed by atoms with Crippen molar-refractivity contribution in [3.05, 3.63) is 66.0 Å². The minimum Gasteiger partial charge on any atom is -0.144 e. The molecule has 0 radical (unpaired) electrons. The van der Waals surface area contributed by atoms with Crippen molar-refractivity contribution < 1.29 is 0 Å². The number of hydrogen-bond acceptors (Lipinski definition) is 2. The van der Waals surface area contributed by atoms with Crippen LogP contribution in [0, 0.1) is 0 Å². The molecule has 0 N–H and O–H groups in total. The number of rotatable bonds is 10. The van der Waals surface area contributed by atoms with Crippen LogP contribution in [0.4, 0.5) is 0 Å². The fourth-order valence-corrected chi connectivity index (χ4v) is 25.5. The van der Waals surface area contributed by atoms with Gasteiger partial charge in [0.25, 0.3) is 0 Å². The van der Waals surface area contributed by atoms with E-state index in [9.17, 15) is 0 Å². The Hall–Kier alpha value is -0.841. The van der Waals surface area contributed by atoms with E-state index in [1.807, 2.05) is 2.89 Å². The molecule has 0 fully saturated rings. The molecule has 2 heterocycles. The molecule has 0 saturated carbocycles. The largest absolute Gasteiger partial charge is 0.144 e. The molecule has 4 rings (SSSR count). The Morgan fingerprint density at radius 3 is 1.74 bits per heavy atom. The van der Waals surface area contributed by atoms with Gasteiger partial charge in [0.1, 0.15) is 0 Å². The fraction of sp³-hybridized carbons (Fsp3) is 0.429. The Bertz CT molecular complexity index is 945. The molecule has 0 saturated heterocycles. The van der Waals surface area contributed by atoms with E-state index in [-0.39, 0.29) is 0 Å². The summed E-state index contributed by atoms with van der Waals surface area (Å²) in [5.41, 5.74) is 0. The Morgan fingerprint density at radius 2 is 1.19 bits per heavy atom. The van der Waals surface area contributed by atoms with Gasteiger partial charge in [-0.2, -0.15) is 0 Å². The third-order valence-corrected chi connectivity index (χ3v) is 26.6. The molecule has 0 nitrogen and oxygen atoms in total. The van der Waals surface area contributed by atoms with Crippen molar-refractivity contribution in [1.29, 1.82) is 0 Å². The van der Waals surface area contributed by atoms with Crippen molar-refractivity contribution in [3.63, 3.8) is 0 Å². The summed E-state index contributed by atoms with van der Waals surface area (Å²) in [7, 11) is 0. The second kappa shape index (κ2) is 13.0. The molecule has 31 heavy (non-hydrogen) atoms. The van der Waals surface area contributed by atoms with Crippen LogP contribution in [-0.2, 0) is 0 Å². The molecular formula is C28H38S2Sn. The molecular weight excluding hydrogens is 519 g/mol. The molecule has 0 unspecified atom stereocenters. The molecule has 0 amide bonds. The van der Waals surface area contributed by atoms with Gasteiger partial charge >= 0.3 is 146 Å². The molecule has 2 aromatic carbocycles. The molecule has 0 aliphatic heterocycles. The average molecular weight is 557 g/mol. The van der Waals surface area contributed by atoms with Crippen LogP contribution < -0.4 is 2.89 Å². The number of unbranched alkanes of at least 4 members (excludes halogenated alkanes) is 3. The van der Waals surface area contributed by atoms with E-state index in [4.69, 9.17) is 0 Å². The van der Waals surface area contributed by atoms with E-state index < -0.39 is 18.4 Å². The quantitative estimate of drug-likeness (QED) is 0.170. The summed E-state index contributed by atoms with van der Waals surface area (Å²) in [4.78, 5) is 0. The van der Waals surface area contributed by atoms with Gasteiger partial charge in [0.15, 0.2) is 0 Å². The van der Waals surface area contributed by atoms with Crippen molar-refractivity contribution >= 4 is 64.1 Å². The average Bonchev–Trinajstić information content (AvgIpc) is 3.46. The maximum absolute atomic E-state index is 2.59. The summed E-state index contributed by atoms with van der Waals surface area (Å²) < 4.78 is 9.50. The summed E-state index contributed by atoms with van der Waals surface area (Å²) in [5, 5.41) is 4.96. The van der Waals surface area contributed by atoms with Crippen LogP contribution in [0.25, 0.3) is 20.2 Å². The van der Waals surface area contributed by atoms with Crippen LogP contribution in [0.3, 0.4) is 0 Å². The standard InChI is InChI=1S/C8H6S.C8H5S.3C4H9.Sn/c2*1-2-4-8-7(3-1)5-6-9-8;3*1-3-4-2;/h1-6H;1-5H;3*1,3-4H2,2H3;. The molecule has 0 spiro atoms. The normalized spacial score (nSPS) is 11.6. The molecule has 0 aliphatic rings. The maximum atomic E-state index is 2.59. The SMILES string of the molecule is CCC[CH2][Sn]([CH2]CCC)([CH2]CCC)[c]1cc2ccccc2s1.c1ccc2sccc2c1. The fourth-order valence-electron chi connectivity index (χ4n) is 4.44. The van der Waals surface area contributed by atoms with Crippen molar-refractivity contribution in [1.82, 2.24) is 0 Å². The topological polar surface area (TPSA) is 0 Å². The van der Waals surface area contributed by atoms with Gasteiger partial charge in [0, 0.05) is 4.70 Å². The van der Waals surface area contributed by atoms with E-state index in [2.05, 4.69) is 98.2 Å². The minimum atomic E-state index is -2.19. The predicted molar refractivity (Wildman–Crippen MR) is 148 cm³/mol. The summed E-state index contributed by atoms with van der Waals surface area (Å²) in [5.74, 6) is 0. The Morgan fingerprint density at radius 1 is 0.645 bits per heavy atom.